The van der Waals surface area contributed by atoms with Gasteiger partial charge in [-0.3, -0.25) is 14.4 Å². The predicted molar refractivity (Wildman–Crippen MR) is 230 cm³/mol. The summed E-state index contributed by atoms with van der Waals surface area (Å²) in [6, 6.07) is 46.1. The van der Waals surface area contributed by atoms with Crippen LogP contribution in [0.25, 0.3) is 11.5 Å². The highest BCUT2D eigenvalue weighted by atomic mass is 16.5. The van der Waals surface area contributed by atoms with Crippen molar-refractivity contribution in [2.75, 3.05) is 13.2 Å². The van der Waals surface area contributed by atoms with Crippen molar-refractivity contribution < 1.29 is 28.3 Å². The summed E-state index contributed by atoms with van der Waals surface area (Å²) in [5.41, 5.74) is 4.04. The van der Waals surface area contributed by atoms with Crippen molar-refractivity contribution in [3.8, 4) is 11.5 Å². The number of hydrogen-bond acceptors (Lipinski definition) is 8. The normalized spacial score (nSPS) is 12.1. The highest BCUT2D eigenvalue weighted by Gasteiger charge is 2.39. The molecule has 12 heteroatoms. The van der Waals surface area contributed by atoms with E-state index in [-0.39, 0.29) is 31.0 Å². The molecule has 306 valence electrons. The van der Waals surface area contributed by atoms with E-state index >= 15 is 0 Å². The fraction of sp³-hybridized carbons (Fsp3) is 0.143. The lowest BCUT2D eigenvalue weighted by atomic mass is 9.77. The van der Waals surface area contributed by atoms with Crippen molar-refractivity contribution in [2.45, 2.75) is 30.5 Å². The van der Waals surface area contributed by atoms with E-state index in [9.17, 15) is 19.2 Å². The summed E-state index contributed by atoms with van der Waals surface area (Å²) in [6.45, 7) is 3.12. The molecule has 2 heterocycles. The summed E-state index contributed by atoms with van der Waals surface area (Å²) in [7, 11) is 0. The second-order valence-corrected chi connectivity index (χ2v) is 14.2. The van der Waals surface area contributed by atoms with Crippen LogP contribution in [-0.4, -0.2) is 63.5 Å². The molecule has 0 radical (unpaired) electrons. The third kappa shape index (κ3) is 9.89. The maximum Gasteiger partial charge on any atom is 0.329 e. The highest BCUT2D eigenvalue weighted by Crippen LogP contribution is 2.40. The molecule has 0 spiro atoms. The molecule has 7 rings (SSSR count). The first kappa shape index (κ1) is 41.3. The zero-order valence-corrected chi connectivity index (χ0v) is 33.2. The van der Waals surface area contributed by atoms with Gasteiger partial charge < -0.3 is 29.7 Å². The molecular weight excluding hydrogens is 769 g/mol. The third-order valence-electron chi connectivity index (χ3n) is 10.1. The number of oxazole rings is 1. The van der Waals surface area contributed by atoms with E-state index in [2.05, 4.69) is 63.9 Å². The molecule has 0 aliphatic rings. The smallest absolute Gasteiger partial charge is 0.329 e. The van der Waals surface area contributed by atoms with E-state index < -0.39 is 47.9 Å². The minimum Gasteiger partial charge on any atom is -0.460 e. The number of carbonyl (C=O) groups is 4. The van der Waals surface area contributed by atoms with Gasteiger partial charge in [-0.05, 0) is 34.4 Å². The number of carbonyl (C=O) groups excluding carboxylic acids is 4. The molecular formula is C49H44N6O6. The second-order valence-electron chi connectivity index (χ2n) is 14.2. The van der Waals surface area contributed by atoms with Crippen LogP contribution in [0.15, 0.2) is 188 Å². The topological polar surface area (TPSA) is 157 Å². The molecule has 12 nitrogen and oxygen atoms in total. The Bertz CT molecular complexity index is 2450. The molecule has 3 amide bonds. The largest absolute Gasteiger partial charge is 0.460 e. The molecule has 7 aromatic rings. The summed E-state index contributed by atoms with van der Waals surface area (Å²) >= 11 is 0. The number of aromatic nitrogens is 3. The van der Waals surface area contributed by atoms with E-state index in [1.165, 1.54) is 12.3 Å². The monoisotopic (exact) mass is 812 g/mol. The number of imidazole rings is 1. The average molecular weight is 813 g/mol. The fourth-order valence-corrected chi connectivity index (χ4v) is 7.20. The molecule has 2 aromatic heterocycles. The molecule has 2 atom stereocenters. The van der Waals surface area contributed by atoms with Crippen LogP contribution in [0.4, 0.5) is 0 Å². The van der Waals surface area contributed by atoms with Crippen molar-refractivity contribution in [3.05, 3.63) is 217 Å². The molecule has 0 saturated carbocycles. The maximum absolute atomic E-state index is 14.2. The summed E-state index contributed by atoms with van der Waals surface area (Å²) < 4.78 is 13.0. The van der Waals surface area contributed by atoms with Crippen LogP contribution < -0.4 is 16.0 Å². The molecule has 5 aromatic carbocycles. The Morgan fingerprint density at radius 3 is 1.85 bits per heavy atom. The van der Waals surface area contributed by atoms with Crippen molar-refractivity contribution in [1.29, 1.82) is 0 Å². The summed E-state index contributed by atoms with van der Waals surface area (Å²) in [5.74, 6) is -2.36. The number of ether oxygens (including phenoxy) is 1. The standard InChI is InChI=1S/C49H44N6O6/c1-2-28-60-48(59)42(30-40-32-55(34-51-40)49(37-22-12-5-13-23-37,38-24-14-6-15-25-38)39-26-16-7-17-27-39)53-46(58)41(29-35-18-8-3-9-19-35)52-44(56)31-50-45(57)43-33-61-47(54-43)36-20-10-4-11-21-36/h2-27,32-34,41-42H,1,28-31H2,(H,50,57)(H,52,56)(H,53,58)/t41-,42-/m0/s1. The van der Waals surface area contributed by atoms with Crippen molar-refractivity contribution in [2.24, 2.45) is 0 Å². The number of hydrogen-bond donors (Lipinski definition) is 3. The minimum absolute atomic E-state index is 0.0119. The van der Waals surface area contributed by atoms with Gasteiger partial charge in [-0.25, -0.2) is 14.8 Å². The van der Waals surface area contributed by atoms with Gasteiger partial charge in [0.1, 0.15) is 30.5 Å². The van der Waals surface area contributed by atoms with E-state index in [0.717, 1.165) is 22.3 Å². The van der Waals surface area contributed by atoms with Gasteiger partial charge in [0.05, 0.1) is 18.6 Å². The van der Waals surface area contributed by atoms with E-state index in [1.54, 1.807) is 18.5 Å². The lowest BCUT2D eigenvalue weighted by Gasteiger charge is -2.37. The first-order chi connectivity index (χ1) is 29.8. The zero-order chi connectivity index (χ0) is 42.4. The molecule has 61 heavy (non-hydrogen) atoms. The van der Waals surface area contributed by atoms with Gasteiger partial charge in [0.2, 0.25) is 17.7 Å². The third-order valence-corrected chi connectivity index (χ3v) is 10.1. The van der Waals surface area contributed by atoms with Crippen molar-refractivity contribution in [3.63, 3.8) is 0 Å². The maximum atomic E-state index is 14.2. The van der Waals surface area contributed by atoms with Gasteiger partial charge in [-0.15, -0.1) is 0 Å². The lowest BCUT2D eigenvalue weighted by molar-refractivity contribution is -0.147. The van der Waals surface area contributed by atoms with Crippen LogP contribution in [-0.2, 0) is 37.5 Å². The quantitative estimate of drug-likeness (QED) is 0.0519. The Morgan fingerprint density at radius 2 is 1.28 bits per heavy atom. The number of esters is 1. The Kier molecular flexibility index (Phi) is 13.4. The Labute approximate surface area is 353 Å². The van der Waals surface area contributed by atoms with Crippen LogP contribution in [0.5, 0.6) is 0 Å². The fourth-order valence-electron chi connectivity index (χ4n) is 7.20. The van der Waals surface area contributed by atoms with Gasteiger partial charge in [0, 0.05) is 24.6 Å². The molecule has 3 N–H and O–H groups in total. The molecule has 0 saturated heterocycles. The summed E-state index contributed by atoms with van der Waals surface area (Å²) in [5, 5.41) is 8.10. The predicted octanol–water partition coefficient (Wildman–Crippen LogP) is 6.29. The van der Waals surface area contributed by atoms with Crippen LogP contribution >= 0.6 is 0 Å². The first-order valence-electron chi connectivity index (χ1n) is 19.8. The van der Waals surface area contributed by atoms with Crippen LogP contribution in [0.2, 0.25) is 0 Å². The first-order valence-corrected chi connectivity index (χ1v) is 19.8. The van der Waals surface area contributed by atoms with Gasteiger partial charge in [0.25, 0.3) is 5.91 Å². The van der Waals surface area contributed by atoms with Crippen molar-refractivity contribution in [1.82, 2.24) is 30.5 Å². The summed E-state index contributed by atoms with van der Waals surface area (Å²) in [4.78, 5) is 63.1. The Hall–Kier alpha value is -7.86. The highest BCUT2D eigenvalue weighted by molar-refractivity contribution is 5.96. The molecule has 0 unspecified atom stereocenters. The minimum atomic E-state index is -1.20. The number of amides is 3. The van der Waals surface area contributed by atoms with Gasteiger partial charge in [-0.1, -0.05) is 152 Å². The van der Waals surface area contributed by atoms with Gasteiger partial charge in [0.15, 0.2) is 5.69 Å². The van der Waals surface area contributed by atoms with Crippen LogP contribution in [0, 0.1) is 0 Å². The summed E-state index contributed by atoms with van der Waals surface area (Å²) in [6.07, 6.45) is 6.30. The van der Waals surface area contributed by atoms with E-state index in [0.29, 0.717) is 11.3 Å². The van der Waals surface area contributed by atoms with Crippen molar-refractivity contribution >= 4 is 23.7 Å². The number of nitrogens with zero attached hydrogens (tertiary/aromatic N) is 3. The Balaban J connectivity index is 1.12. The molecule has 0 aliphatic heterocycles. The molecule has 0 fully saturated rings. The van der Waals surface area contributed by atoms with Crippen LogP contribution in [0.3, 0.4) is 0 Å². The lowest BCUT2D eigenvalue weighted by Crippen LogP contribution is -2.54. The van der Waals surface area contributed by atoms with Gasteiger partial charge >= 0.3 is 5.97 Å². The Morgan fingerprint density at radius 1 is 0.721 bits per heavy atom. The second kappa shape index (κ2) is 19.7. The number of benzene rings is 5. The SMILES string of the molecule is C=CCOC(=O)[C@H](Cc1cn(C(c2ccccc2)(c2ccccc2)c2ccccc2)cn1)NC(=O)[C@H](Cc1ccccc1)NC(=O)CNC(=O)c1coc(-c2ccccc2)n1. The van der Waals surface area contributed by atoms with E-state index in [4.69, 9.17) is 14.1 Å². The molecule has 0 bridgehead atoms. The average Bonchev–Trinajstić information content (AvgIpc) is 4.00. The number of rotatable bonds is 18. The molecule has 0 aliphatic carbocycles. The van der Waals surface area contributed by atoms with E-state index in [1.807, 2.05) is 114 Å². The zero-order valence-electron chi connectivity index (χ0n) is 33.2. The van der Waals surface area contributed by atoms with Crippen LogP contribution in [0.1, 0.15) is 38.4 Å². The number of nitrogens with one attached hydrogen (secondary N) is 3. The van der Waals surface area contributed by atoms with Gasteiger partial charge in [-0.2, -0.15) is 0 Å².